The van der Waals surface area contributed by atoms with Gasteiger partial charge in [0, 0.05) is 28.9 Å². The molecule has 2 N–H and O–H groups in total. The summed E-state index contributed by atoms with van der Waals surface area (Å²) < 4.78 is 28.1. The number of benzene rings is 1. The third-order valence-corrected chi connectivity index (χ3v) is 5.29. The maximum atomic E-state index is 12.5. The third-order valence-electron chi connectivity index (χ3n) is 2.84. The lowest BCUT2D eigenvalue weighted by atomic mass is 10.2. The molecule has 1 heterocycles. The van der Waals surface area contributed by atoms with E-state index < -0.39 is 10.0 Å². The topological polar surface area (TPSA) is 71.1 Å². The van der Waals surface area contributed by atoms with E-state index in [9.17, 15) is 8.42 Å². The van der Waals surface area contributed by atoms with Crippen LogP contribution in [0.3, 0.4) is 0 Å². The molecule has 1 aromatic carbocycles. The highest BCUT2D eigenvalue weighted by Gasteiger charge is 2.20. The fourth-order valence-corrected chi connectivity index (χ4v) is 3.80. The summed E-state index contributed by atoms with van der Waals surface area (Å²) in [5.74, 6) is 0. The smallest absolute Gasteiger partial charge is 0.265 e. The SMILES string of the molecule is CNc1ccncc1S(=O)(=O)Nc1cc(Cl)c(C)cc1Br. The van der Waals surface area contributed by atoms with Gasteiger partial charge in [0.25, 0.3) is 10.0 Å². The van der Waals surface area contributed by atoms with Crippen LogP contribution in [0.1, 0.15) is 5.56 Å². The fraction of sp³-hybridized carbons (Fsp3) is 0.154. The number of sulfonamides is 1. The molecule has 21 heavy (non-hydrogen) atoms. The van der Waals surface area contributed by atoms with Gasteiger partial charge in [-0.3, -0.25) is 9.71 Å². The first kappa shape index (κ1) is 16.1. The number of pyridine rings is 1. The van der Waals surface area contributed by atoms with Gasteiger partial charge in [-0.25, -0.2) is 8.42 Å². The first-order chi connectivity index (χ1) is 9.85. The van der Waals surface area contributed by atoms with Crippen molar-refractivity contribution >= 4 is 48.9 Å². The zero-order valence-corrected chi connectivity index (χ0v) is 14.5. The highest BCUT2D eigenvalue weighted by molar-refractivity contribution is 9.10. The summed E-state index contributed by atoms with van der Waals surface area (Å²) >= 11 is 9.36. The minimum Gasteiger partial charge on any atom is -0.387 e. The summed E-state index contributed by atoms with van der Waals surface area (Å²) in [5, 5.41) is 3.31. The molecule has 0 unspecified atom stereocenters. The molecule has 1 aromatic heterocycles. The number of hydrogen-bond acceptors (Lipinski definition) is 4. The second-order valence-corrected chi connectivity index (χ2v) is 7.22. The molecular weight excluding hydrogens is 378 g/mol. The summed E-state index contributed by atoms with van der Waals surface area (Å²) in [6, 6.07) is 4.90. The van der Waals surface area contributed by atoms with Gasteiger partial charge >= 0.3 is 0 Å². The van der Waals surface area contributed by atoms with Gasteiger partial charge in [0.15, 0.2) is 0 Å². The van der Waals surface area contributed by atoms with E-state index in [1.54, 1.807) is 25.2 Å². The summed E-state index contributed by atoms with van der Waals surface area (Å²) in [4.78, 5) is 3.92. The molecule has 5 nitrogen and oxygen atoms in total. The molecule has 0 saturated heterocycles. The Balaban J connectivity index is 2.45. The van der Waals surface area contributed by atoms with E-state index in [0.29, 0.717) is 20.9 Å². The molecule has 0 radical (unpaired) electrons. The lowest BCUT2D eigenvalue weighted by Crippen LogP contribution is -2.15. The zero-order chi connectivity index (χ0) is 15.6. The standard InChI is InChI=1S/C13H13BrClN3O2S/c1-8-5-9(14)12(6-10(8)15)18-21(19,20)13-7-17-4-3-11(13)16-2/h3-7,18H,1-2H3,(H,16,17). The monoisotopic (exact) mass is 389 g/mol. The van der Waals surface area contributed by atoms with Crippen LogP contribution in [0, 0.1) is 6.92 Å². The van der Waals surface area contributed by atoms with E-state index in [0.717, 1.165) is 5.56 Å². The van der Waals surface area contributed by atoms with E-state index in [4.69, 9.17) is 11.6 Å². The summed E-state index contributed by atoms with van der Waals surface area (Å²) in [6.07, 6.45) is 2.81. The molecule has 0 bridgehead atoms. The van der Waals surface area contributed by atoms with Crippen molar-refractivity contribution in [3.05, 3.63) is 45.7 Å². The van der Waals surface area contributed by atoms with Crippen molar-refractivity contribution in [2.45, 2.75) is 11.8 Å². The molecule has 0 aliphatic rings. The van der Waals surface area contributed by atoms with Gasteiger partial charge in [0.05, 0.1) is 11.4 Å². The first-order valence-corrected chi connectivity index (χ1v) is 8.61. The Labute approximate surface area is 136 Å². The van der Waals surface area contributed by atoms with Crippen molar-refractivity contribution in [1.29, 1.82) is 0 Å². The normalized spacial score (nSPS) is 11.2. The van der Waals surface area contributed by atoms with E-state index in [2.05, 4.69) is 31.0 Å². The molecule has 2 rings (SSSR count). The van der Waals surface area contributed by atoms with Crippen molar-refractivity contribution in [1.82, 2.24) is 4.98 Å². The average molecular weight is 391 g/mol. The van der Waals surface area contributed by atoms with Gasteiger partial charge in [0.1, 0.15) is 4.90 Å². The molecule has 0 aliphatic heterocycles. The minimum absolute atomic E-state index is 0.0658. The Kier molecular flexibility index (Phi) is 4.75. The molecule has 8 heteroatoms. The van der Waals surface area contributed by atoms with Crippen LogP contribution < -0.4 is 10.0 Å². The lowest BCUT2D eigenvalue weighted by molar-refractivity contribution is 0.601. The van der Waals surface area contributed by atoms with E-state index in [1.165, 1.54) is 12.4 Å². The summed E-state index contributed by atoms with van der Waals surface area (Å²) in [5.41, 5.74) is 1.69. The maximum Gasteiger partial charge on any atom is 0.265 e. The number of anilines is 2. The highest BCUT2D eigenvalue weighted by atomic mass is 79.9. The molecule has 112 valence electrons. The van der Waals surface area contributed by atoms with Crippen LogP contribution in [0.2, 0.25) is 5.02 Å². The Morgan fingerprint density at radius 2 is 2.00 bits per heavy atom. The van der Waals surface area contributed by atoms with Crippen molar-refractivity contribution < 1.29 is 8.42 Å². The Hall–Kier alpha value is -1.31. The van der Waals surface area contributed by atoms with E-state index in [-0.39, 0.29) is 4.90 Å². The van der Waals surface area contributed by atoms with Crippen LogP contribution in [0.5, 0.6) is 0 Å². The predicted octanol–water partition coefficient (Wildman–Crippen LogP) is 3.65. The molecular formula is C13H13BrClN3O2S. The number of nitrogens with one attached hydrogen (secondary N) is 2. The Bertz CT molecular complexity index is 781. The van der Waals surface area contributed by atoms with Gasteiger partial charge in [-0.1, -0.05) is 11.6 Å². The maximum absolute atomic E-state index is 12.5. The second-order valence-electron chi connectivity index (χ2n) is 4.31. The van der Waals surface area contributed by atoms with E-state index >= 15 is 0 Å². The van der Waals surface area contributed by atoms with Crippen molar-refractivity contribution in [3.8, 4) is 0 Å². The fourth-order valence-electron chi connectivity index (χ4n) is 1.72. The number of aromatic nitrogens is 1. The molecule has 0 atom stereocenters. The van der Waals surface area contributed by atoms with Gasteiger partial charge in [-0.2, -0.15) is 0 Å². The van der Waals surface area contributed by atoms with Crippen LogP contribution >= 0.6 is 27.5 Å². The number of hydrogen-bond donors (Lipinski definition) is 2. The quantitative estimate of drug-likeness (QED) is 0.836. The van der Waals surface area contributed by atoms with Crippen molar-refractivity contribution in [2.24, 2.45) is 0 Å². The summed E-state index contributed by atoms with van der Waals surface area (Å²) in [7, 11) is -2.13. The zero-order valence-electron chi connectivity index (χ0n) is 11.3. The molecule has 0 amide bonds. The molecule has 0 saturated carbocycles. The Morgan fingerprint density at radius 3 is 2.67 bits per heavy atom. The van der Waals surface area contributed by atoms with Crippen LogP contribution in [0.15, 0.2) is 40.0 Å². The van der Waals surface area contributed by atoms with Crippen molar-refractivity contribution in [3.63, 3.8) is 0 Å². The summed E-state index contributed by atoms with van der Waals surface area (Å²) in [6.45, 7) is 1.84. The number of halogens is 2. The predicted molar refractivity (Wildman–Crippen MR) is 88.5 cm³/mol. The first-order valence-electron chi connectivity index (χ1n) is 5.95. The van der Waals surface area contributed by atoms with Gasteiger partial charge in [0.2, 0.25) is 0 Å². The highest BCUT2D eigenvalue weighted by Crippen LogP contribution is 2.31. The van der Waals surface area contributed by atoms with Gasteiger partial charge in [-0.05, 0) is 46.6 Å². The van der Waals surface area contributed by atoms with Gasteiger partial charge < -0.3 is 5.32 Å². The largest absolute Gasteiger partial charge is 0.387 e. The minimum atomic E-state index is -3.77. The van der Waals surface area contributed by atoms with E-state index in [1.807, 2.05) is 6.92 Å². The molecule has 0 aliphatic carbocycles. The third kappa shape index (κ3) is 3.48. The van der Waals surface area contributed by atoms with Crippen LogP contribution in [-0.4, -0.2) is 20.4 Å². The second kappa shape index (κ2) is 6.21. The van der Waals surface area contributed by atoms with Crippen LogP contribution in [-0.2, 0) is 10.0 Å². The Morgan fingerprint density at radius 1 is 1.29 bits per heavy atom. The molecule has 0 fully saturated rings. The van der Waals surface area contributed by atoms with Crippen molar-refractivity contribution in [2.75, 3.05) is 17.1 Å². The number of aryl methyl sites for hydroxylation is 1. The lowest BCUT2D eigenvalue weighted by Gasteiger charge is -2.13. The number of rotatable bonds is 4. The van der Waals surface area contributed by atoms with Gasteiger partial charge in [-0.15, -0.1) is 0 Å². The molecule has 2 aromatic rings. The molecule has 0 spiro atoms. The number of nitrogens with zero attached hydrogens (tertiary/aromatic N) is 1. The van der Waals surface area contributed by atoms with Crippen LogP contribution in [0.4, 0.5) is 11.4 Å². The van der Waals surface area contributed by atoms with Crippen LogP contribution in [0.25, 0.3) is 0 Å². The average Bonchev–Trinajstić information content (AvgIpc) is 2.44.